The Morgan fingerprint density at radius 3 is 2.84 bits per heavy atom. The fourth-order valence-electron chi connectivity index (χ4n) is 2.24. The Balaban J connectivity index is 2.30. The number of likely N-dealkylation sites (N-methyl/N-ethyl adjacent to an activating group) is 1. The van der Waals surface area contributed by atoms with Crippen molar-refractivity contribution in [1.82, 2.24) is 4.90 Å². The van der Waals surface area contributed by atoms with E-state index in [-0.39, 0.29) is 12.3 Å². The SMILES string of the molecule is CN1CCN(c2cccc(F)c2)C(CC(=O)O)C1=O. The van der Waals surface area contributed by atoms with Crippen molar-refractivity contribution in [1.29, 1.82) is 0 Å². The summed E-state index contributed by atoms with van der Waals surface area (Å²) >= 11 is 0. The van der Waals surface area contributed by atoms with E-state index in [4.69, 9.17) is 5.11 Å². The van der Waals surface area contributed by atoms with E-state index in [1.54, 1.807) is 24.1 Å². The van der Waals surface area contributed by atoms with E-state index in [0.29, 0.717) is 18.8 Å². The van der Waals surface area contributed by atoms with Crippen LogP contribution in [0, 0.1) is 5.82 Å². The number of halogens is 1. The normalized spacial score (nSPS) is 19.7. The average molecular weight is 266 g/mol. The molecule has 1 aliphatic rings. The average Bonchev–Trinajstić information content (AvgIpc) is 2.35. The minimum Gasteiger partial charge on any atom is -0.481 e. The largest absolute Gasteiger partial charge is 0.481 e. The fourth-order valence-corrected chi connectivity index (χ4v) is 2.24. The third-order valence-corrected chi connectivity index (χ3v) is 3.22. The zero-order chi connectivity index (χ0) is 14.0. The molecule has 1 saturated heterocycles. The minimum absolute atomic E-state index is 0.252. The van der Waals surface area contributed by atoms with Gasteiger partial charge < -0.3 is 14.9 Å². The van der Waals surface area contributed by atoms with E-state index in [0.717, 1.165) is 0 Å². The molecule has 0 spiro atoms. The summed E-state index contributed by atoms with van der Waals surface area (Å²) in [4.78, 5) is 26.1. The monoisotopic (exact) mass is 266 g/mol. The van der Waals surface area contributed by atoms with E-state index < -0.39 is 17.8 Å². The topological polar surface area (TPSA) is 60.9 Å². The second-order valence-corrected chi connectivity index (χ2v) is 4.55. The molecule has 5 nitrogen and oxygen atoms in total. The number of aliphatic carboxylic acids is 1. The van der Waals surface area contributed by atoms with Crippen LogP contribution >= 0.6 is 0 Å². The minimum atomic E-state index is -1.05. The third-order valence-electron chi connectivity index (χ3n) is 3.22. The van der Waals surface area contributed by atoms with Crippen molar-refractivity contribution in [3.63, 3.8) is 0 Å². The van der Waals surface area contributed by atoms with Crippen molar-refractivity contribution in [2.45, 2.75) is 12.5 Å². The molecule has 0 bridgehead atoms. The Bertz CT molecular complexity index is 506. The maximum absolute atomic E-state index is 13.2. The van der Waals surface area contributed by atoms with Crippen LogP contribution in [-0.4, -0.2) is 48.1 Å². The van der Waals surface area contributed by atoms with Gasteiger partial charge in [-0.05, 0) is 18.2 Å². The Morgan fingerprint density at radius 1 is 1.47 bits per heavy atom. The van der Waals surface area contributed by atoms with Crippen LogP contribution in [0.25, 0.3) is 0 Å². The zero-order valence-corrected chi connectivity index (χ0v) is 10.5. The molecule has 1 fully saturated rings. The highest BCUT2D eigenvalue weighted by Gasteiger charge is 2.34. The van der Waals surface area contributed by atoms with E-state index in [2.05, 4.69) is 0 Å². The van der Waals surface area contributed by atoms with Crippen molar-refractivity contribution in [2.75, 3.05) is 25.0 Å². The molecule has 1 N–H and O–H groups in total. The van der Waals surface area contributed by atoms with Gasteiger partial charge in [-0.3, -0.25) is 9.59 Å². The number of carboxylic acid groups (broad SMARTS) is 1. The molecule has 19 heavy (non-hydrogen) atoms. The van der Waals surface area contributed by atoms with E-state index in [1.807, 2.05) is 0 Å². The molecule has 1 aromatic rings. The van der Waals surface area contributed by atoms with Crippen LogP contribution in [0.4, 0.5) is 10.1 Å². The van der Waals surface area contributed by atoms with Gasteiger partial charge >= 0.3 is 5.97 Å². The molecule has 1 atom stereocenters. The number of carboxylic acids is 1. The molecule has 0 radical (unpaired) electrons. The number of carbonyl (C=O) groups excluding carboxylic acids is 1. The first-order valence-corrected chi connectivity index (χ1v) is 5.98. The molecule has 0 aliphatic carbocycles. The van der Waals surface area contributed by atoms with Gasteiger partial charge in [0.15, 0.2) is 0 Å². The molecule has 0 saturated carbocycles. The van der Waals surface area contributed by atoms with Gasteiger partial charge in [0, 0.05) is 25.8 Å². The van der Waals surface area contributed by atoms with Gasteiger partial charge in [0.1, 0.15) is 11.9 Å². The number of benzene rings is 1. The summed E-state index contributed by atoms with van der Waals surface area (Å²) in [6, 6.07) is 5.07. The first-order chi connectivity index (χ1) is 8.99. The Kier molecular flexibility index (Phi) is 3.69. The summed E-state index contributed by atoms with van der Waals surface area (Å²) in [6.45, 7) is 0.981. The lowest BCUT2D eigenvalue weighted by molar-refractivity contribution is -0.142. The summed E-state index contributed by atoms with van der Waals surface area (Å²) in [5, 5.41) is 8.92. The van der Waals surface area contributed by atoms with Crippen molar-refractivity contribution >= 4 is 17.6 Å². The molecular formula is C13H15FN2O3. The van der Waals surface area contributed by atoms with Gasteiger partial charge in [-0.15, -0.1) is 0 Å². The summed E-state index contributed by atoms with van der Waals surface area (Å²) in [5.41, 5.74) is 0.535. The summed E-state index contributed by atoms with van der Waals surface area (Å²) in [5.74, 6) is -1.70. The highest BCUT2D eigenvalue weighted by Crippen LogP contribution is 2.23. The number of hydrogen-bond acceptors (Lipinski definition) is 3. The number of rotatable bonds is 3. The highest BCUT2D eigenvalue weighted by molar-refractivity contribution is 5.90. The Morgan fingerprint density at radius 2 is 2.21 bits per heavy atom. The number of piperazine rings is 1. The molecule has 0 aromatic heterocycles. The second kappa shape index (κ2) is 5.26. The maximum Gasteiger partial charge on any atom is 0.305 e. The number of anilines is 1. The first kappa shape index (κ1) is 13.3. The van der Waals surface area contributed by atoms with E-state index in [1.165, 1.54) is 17.0 Å². The van der Waals surface area contributed by atoms with Crippen LogP contribution in [0.5, 0.6) is 0 Å². The van der Waals surface area contributed by atoms with Crippen molar-refractivity contribution in [2.24, 2.45) is 0 Å². The highest BCUT2D eigenvalue weighted by atomic mass is 19.1. The van der Waals surface area contributed by atoms with Crippen LogP contribution in [0.3, 0.4) is 0 Å². The summed E-state index contributed by atoms with van der Waals surface area (Å²) < 4.78 is 13.2. The van der Waals surface area contributed by atoms with Crippen molar-refractivity contribution < 1.29 is 19.1 Å². The predicted octanol–water partition coefficient (Wildman–Crippen LogP) is 0.947. The lowest BCUT2D eigenvalue weighted by atomic mass is 10.1. The van der Waals surface area contributed by atoms with Crippen LogP contribution in [0.1, 0.15) is 6.42 Å². The molecule has 1 heterocycles. The van der Waals surface area contributed by atoms with Crippen molar-refractivity contribution in [3.8, 4) is 0 Å². The Hall–Kier alpha value is -2.11. The summed E-state index contributed by atoms with van der Waals surface area (Å²) in [6.07, 6.45) is -0.292. The number of carbonyl (C=O) groups is 2. The fraction of sp³-hybridized carbons (Fsp3) is 0.385. The van der Waals surface area contributed by atoms with Crippen LogP contribution < -0.4 is 4.90 Å². The molecule has 102 valence electrons. The quantitative estimate of drug-likeness (QED) is 0.884. The lowest BCUT2D eigenvalue weighted by Gasteiger charge is -2.40. The molecule has 1 unspecified atom stereocenters. The molecule has 1 aliphatic heterocycles. The van der Waals surface area contributed by atoms with Crippen LogP contribution in [-0.2, 0) is 9.59 Å². The van der Waals surface area contributed by atoms with Gasteiger partial charge in [-0.25, -0.2) is 4.39 Å². The predicted molar refractivity (Wildman–Crippen MR) is 67.4 cm³/mol. The van der Waals surface area contributed by atoms with Gasteiger partial charge in [-0.1, -0.05) is 6.07 Å². The Labute approximate surface area is 110 Å². The molecule has 2 rings (SSSR count). The molecular weight excluding hydrogens is 251 g/mol. The van der Waals surface area contributed by atoms with Gasteiger partial charge in [0.05, 0.1) is 6.42 Å². The van der Waals surface area contributed by atoms with Gasteiger partial charge in [0.2, 0.25) is 5.91 Å². The second-order valence-electron chi connectivity index (χ2n) is 4.55. The van der Waals surface area contributed by atoms with E-state index in [9.17, 15) is 14.0 Å². The smallest absolute Gasteiger partial charge is 0.305 e. The number of hydrogen-bond donors (Lipinski definition) is 1. The maximum atomic E-state index is 13.2. The number of nitrogens with zero attached hydrogens (tertiary/aromatic N) is 2. The number of amides is 1. The van der Waals surface area contributed by atoms with Gasteiger partial charge in [-0.2, -0.15) is 0 Å². The molecule has 1 aromatic carbocycles. The standard InChI is InChI=1S/C13H15FN2O3/c1-15-5-6-16(10-4-2-3-9(14)7-10)11(13(15)19)8-12(17)18/h2-4,7,11H,5-6,8H2,1H3,(H,17,18). The summed E-state index contributed by atoms with van der Waals surface area (Å²) in [7, 11) is 1.64. The molecule has 1 amide bonds. The van der Waals surface area contributed by atoms with Crippen LogP contribution in [0.2, 0.25) is 0 Å². The van der Waals surface area contributed by atoms with Gasteiger partial charge in [0.25, 0.3) is 0 Å². The lowest BCUT2D eigenvalue weighted by Crippen LogP contribution is -2.56. The molecule has 6 heteroatoms. The van der Waals surface area contributed by atoms with Crippen molar-refractivity contribution in [3.05, 3.63) is 30.1 Å². The first-order valence-electron chi connectivity index (χ1n) is 5.98. The third kappa shape index (κ3) is 2.83. The van der Waals surface area contributed by atoms with Crippen LogP contribution in [0.15, 0.2) is 24.3 Å². The van der Waals surface area contributed by atoms with E-state index >= 15 is 0 Å². The zero-order valence-electron chi connectivity index (χ0n) is 10.5.